The maximum absolute atomic E-state index is 14.0. The summed E-state index contributed by atoms with van der Waals surface area (Å²) in [5, 5.41) is 0. The quantitative estimate of drug-likeness (QED) is 0.760. The number of nitrogens with one attached hydrogen (secondary N) is 1. The monoisotopic (exact) mass is 339 g/mol. The summed E-state index contributed by atoms with van der Waals surface area (Å²) in [7, 11) is 0. The summed E-state index contributed by atoms with van der Waals surface area (Å²) in [4.78, 5) is 0. The lowest BCUT2D eigenvalue weighted by molar-refractivity contribution is 0.284. The van der Waals surface area contributed by atoms with Crippen LogP contribution in [-0.4, -0.2) is 15.9 Å². The van der Waals surface area contributed by atoms with E-state index in [1.807, 2.05) is 20.8 Å². The maximum atomic E-state index is 14.0. The van der Waals surface area contributed by atoms with Crippen molar-refractivity contribution in [3.8, 4) is 5.75 Å². The molecule has 0 radical (unpaired) electrons. The van der Waals surface area contributed by atoms with Crippen molar-refractivity contribution < 1.29 is 13.7 Å². The van der Waals surface area contributed by atoms with E-state index in [0.717, 1.165) is 18.4 Å². The zero-order chi connectivity index (χ0) is 16.6. The largest absolute Gasteiger partial charge is 0.598 e. The first kappa shape index (κ1) is 17.1. The molecule has 0 unspecified atom stereocenters. The lowest BCUT2D eigenvalue weighted by Gasteiger charge is -2.28. The molecule has 5 heteroatoms. The van der Waals surface area contributed by atoms with Gasteiger partial charge in [-0.15, -0.1) is 4.72 Å². The van der Waals surface area contributed by atoms with Crippen LogP contribution in [0.5, 0.6) is 5.75 Å². The van der Waals surface area contributed by atoms with Crippen LogP contribution in [0.15, 0.2) is 18.2 Å². The SMILES string of the molecule is CC(C)(C)[S@+]([O-])N[C@H](c1ccc(F)c(OCC2CC2)c1)C1CC1. The Morgan fingerprint density at radius 2 is 2.00 bits per heavy atom. The summed E-state index contributed by atoms with van der Waals surface area (Å²) in [5.74, 6) is 1.07. The van der Waals surface area contributed by atoms with Crippen LogP contribution in [0.25, 0.3) is 0 Å². The predicted octanol–water partition coefficient (Wildman–Crippen LogP) is 4.12. The number of rotatable bonds is 7. The van der Waals surface area contributed by atoms with Gasteiger partial charge >= 0.3 is 0 Å². The fourth-order valence-electron chi connectivity index (χ4n) is 2.47. The highest BCUT2D eigenvalue weighted by Crippen LogP contribution is 2.43. The Hall–Kier alpha value is -0.780. The van der Waals surface area contributed by atoms with Crippen LogP contribution in [0.4, 0.5) is 4.39 Å². The maximum Gasteiger partial charge on any atom is 0.165 e. The first-order chi connectivity index (χ1) is 10.8. The van der Waals surface area contributed by atoms with Crippen molar-refractivity contribution in [2.45, 2.75) is 57.2 Å². The van der Waals surface area contributed by atoms with Crippen molar-refractivity contribution in [1.29, 1.82) is 0 Å². The van der Waals surface area contributed by atoms with E-state index in [-0.39, 0.29) is 16.6 Å². The Kier molecular flexibility index (Phi) is 4.90. The van der Waals surface area contributed by atoms with Gasteiger partial charge in [0.25, 0.3) is 0 Å². The summed E-state index contributed by atoms with van der Waals surface area (Å²) in [5.41, 5.74) is 0.970. The van der Waals surface area contributed by atoms with Crippen LogP contribution >= 0.6 is 0 Å². The third kappa shape index (κ3) is 4.61. The Labute approximate surface area is 141 Å². The van der Waals surface area contributed by atoms with Crippen molar-refractivity contribution in [2.24, 2.45) is 11.8 Å². The van der Waals surface area contributed by atoms with Gasteiger partial charge in [-0.25, -0.2) is 4.39 Å². The average Bonchev–Trinajstić information content (AvgIpc) is 3.36. The Bertz CT molecular complexity index is 552. The number of hydrogen-bond donors (Lipinski definition) is 1. The molecule has 2 aliphatic carbocycles. The van der Waals surface area contributed by atoms with Crippen LogP contribution in [-0.2, 0) is 11.4 Å². The highest BCUT2D eigenvalue weighted by molar-refractivity contribution is 7.90. The molecule has 128 valence electrons. The summed E-state index contributed by atoms with van der Waals surface area (Å²) < 4.78 is 35.0. The fourth-order valence-corrected chi connectivity index (χ4v) is 3.39. The van der Waals surface area contributed by atoms with Crippen LogP contribution < -0.4 is 9.46 Å². The van der Waals surface area contributed by atoms with Crippen molar-refractivity contribution in [1.82, 2.24) is 4.72 Å². The van der Waals surface area contributed by atoms with Crippen molar-refractivity contribution >= 4 is 11.4 Å². The minimum Gasteiger partial charge on any atom is -0.598 e. The second kappa shape index (κ2) is 6.61. The van der Waals surface area contributed by atoms with E-state index < -0.39 is 11.4 Å². The average molecular weight is 339 g/mol. The third-order valence-corrected chi connectivity index (χ3v) is 5.95. The number of benzene rings is 1. The van der Waals surface area contributed by atoms with Gasteiger partial charge in [-0.2, -0.15) is 0 Å². The van der Waals surface area contributed by atoms with E-state index in [2.05, 4.69) is 4.72 Å². The van der Waals surface area contributed by atoms with E-state index in [0.29, 0.717) is 24.2 Å². The topological polar surface area (TPSA) is 44.3 Å². The standard InChI is InChI=1S/C18H26FNO2S/c1-18(2,3)23(21)20-17(13-6-7-13)14-8-9-15(19)16(10-14)22-11-12-4-5-12/h8-10,12-13,17,20H,4-7,11H2,1-3H3/t17-,23-/m0/s1. The molecule has 2 saturated carbocycles. The minimum atomic E-state index is -1.15. The molecule has 2 aliphatic rings. The number of halogens is 1. The molecule has 1 aromatic carbocycles. The van der Waals surface area contributed by atoms with Crippen molar-refractivity contribution in [3.05, 3.63) is 29.6 Å². The van der Waals surface area contributed by atoms with Crippen molar-refractivity contribution in [2.75, 3.05) is 6.61 Å². The van der Waals surface area contributed by atoms with Gasteiger partial charge in [0.1, 0.15) is 4.75 Å². The molecule has 1 aromatic rings. The van der Waals surface area contributed by atoms with Gasteiger partial charge in [0.15, 0.2) is 11.6 Å². The molecule has 2 fully saturated rings. The molecule has 0 bridgehead atoms. The Morgan fingerprint density at radius 1 is 1.30 bits per heavy atom. The molecular weight excluding hydrogens is 313 g/mol. The normalized spacial score (nSPS) is 21.1. The third-order valence-electron chi connectivity index (χ3n) is 4.37. The van der Waals surface area contributed by atoms with Gasteiger partial charge in [0.05, 0.1) is 12.6 Å². The summed E-state index contributed by atoms with van der Waals surface area (Å²) in [6.45, 7) is 6.45. The Balaban J connectivity index is 1.74. The second-order valence-corrected chi connectivity index (χ2v) is 9.76. The molecule has 0 amide bonds. The zero-order valence-electron chi connectivity index (χ0n) is 14.1. The fraction of sp³-hybridized carbons (Fsp3) is 0.667. The van der Waals surface area contributed by atoms with Crippen molar-refractivity contribution in [3.63, 3.8) is 0 Å². The van der Waals surface area contributed by atoms with Gasteiger partial charge in [-0.1, -0.05) is 6.07 Å². The smallest absolute Gasteiger partial charge is 0.165 e. The second-order valence-electron chi connectivity index (χ2n) is 7.76. The molecule has 3 rings (SSSR count). The van der Waals surface area contributed by atoms with E-state index in [1.54, 1.807) is 12.1 Å². The molecule has 0 aromatic heterocycles. The van der Waals surface area contributed by atoms with Crippen LogP contribution in [0.1, 0.15) is 58.1 Å². The van der Waals surface area contributed by atoms with E-state index in [1.165, 1.54) is 18.9 Å². The van der Waals surface area contributed by atoms with Crippen LogP contribution in [0, 0.1) is 17.7 Å². The molecule has 1 N–H and O–H groups in total. The molecule has 0 heterocycles. The highest BCUT2D eigenvalue weighted by atomic mass is 32.2. The molecular formula is C18H26FNO2S. The van der Waals surface area contributed by atoms with Gasteiger partial charge in [-0.3, -0.25) is 0 Å². The summed E-state index contributed by atoms with van der Waals surface area (Å²) in [6, 6.07) is 5.04. The molecule has 3 nitrogen and oxygen atoms in total. The summed E-state index contributed by atoms with van der Waals surface area (Å²) >= 11 is -1.15. The predicted molar refractivity (Wildman–Crippen MR) is 91.1 cm³/mol. The van der Waals surface area contributed by atoms with E-state index in [9.17, 15) is 8.94 Å². The van der Waals surface area contributed by atoms with E-state index in [4.69, 9.17) is 4.74 Å². The lowest BCUT2D eigenvalue weighted by atomic mass is 10.0. The summed E-state index contributed by atoms with van der Waals surface area (Å²) in [6.07, 6.45) is 4.60. The highest BCUT2D eigenvalue weighted by Gasteiger charge is 2.38. The first-order valence-electron chi connectivity index (χ1n) is 8.45. The van der Waals surface area contributed by atoms with Crippen LogP contribution in [0.3, 0.4) is 0 Å². The van der Waals surface area contributed by atoms with Gasteiger partial charge in [0.2, 0.25) is 0 Å². The van der Waals surface area contributed by atoms with Crippen LogP contribution in [0.2, 0.25) is 0 Å². The number of hydrogen-bond acceptors (Lipinski definition) is 3. The molecule has 0 aliphatic heterocycles. The van der Waals surface area contributed by atoms with Gasteiger partial charge in [0, 0.05) is 11.4 Å². The van der Waals surface area contributed by atoms with Gasteiger partial charge in [-0.05, 0) is 76.0 Å². The minimum absolute atomic E-state index is 0.000988. The van der Waals surface area contributed by atoms with Gasteiger partial charge < -0.3 is 9.29 Å². The molecule has 2 atom stereocenters. The Morgan fingerprint density at radius 3 is 2.57 bits per heavy atom. The zero-order valence-corrected chi connectivity index (χ0v) is 14.9. The lowest BCUT2D eigenvalue weighted by Crippen LogP contribution is -2.41. The first-order valence-corrected chi connectivity index (χ1v) is 9.60. The number of ether oxygens (including phenoxy) is 1. The van der Waals surface area contributed by atoms with E-state index >= 15 is 0 Å². The molecule has 0 saturated heterocycles. The molecule has 0 spiro atoms. The molecule has 23 heavy (non-hydrogen) atoms.